The largest absolute Gasteiger partial charge is 0.362 e. The Bertz CT molecular complexity index is 387. The highest BCUT2D eigenvalue weighted by Gasteiger charge is 2.18. The minimum atomic E-state index is 0.164. The van der Waals surface area contributed by atoms with Crippen LogP contribution in [-0.4, -0.2) is 38.0 Å². The fraction of sp³-hybridized carbons (Fsp3) is 0.462. The van der Waals surface area contributed by atoms with Gasteiger partial charge in [0.25, 0.3) is 0 Å². The molecule has 1 aromatic rings. The van der Waals surface area contributed by atoms with Crippen molar-refractivity contribution in [2.45, 2.75) is 12.8 Å². The van der Waals surface area contributed by atoms with Gasteiger partial charge in [0.15, 0.2) is 0 Å². The normalized spacial score (nSPS) is 14.5. The molecule has 0 fully saturated rings. The molecule has 0 radical (unpaired) electrons. The molecule has 1 aromatic carbocycles. The Kier molecular flexibility index (Phi) is 3.13. The molecule has 0 bridgehead atoms. The maximum atomic E-state index is 11.7. The first-order valence-electron chi connectivity index (χ1n) is 5.71. The number of rotatable bonds is 2. The maximum Gasteiger partial charge on any atom is 0.241 e. The summed E-state index contributed by atoms with van der Waals surface area (Å²) >= 11 is 0. The zero-order valence-corrected chi connectivity index (χ0v) is 9.94. The van der Waals surface area contributed by atoms with Gasteiger partial charge in [0.2, 0.25) is 5.91 Å². The van der Waals surface area contributed by atoms with Crippen LogP contribution in [0.4, 0.5) is 5.69 Å². The average Bonchev–Trinajstić information content (AvgIpc) is 2.29. The number of benzene rings is 1. The summed E-state index contributed by atoms with van der Waals surface area (Å²) in [5, 5.41) is 0. The Morgan fingerprint density at radius 3 is 2.88 bits per heavy atom. The predicted octanol–water partition coefficient (Wildman–Crippen LogP) is 1.53. The number of fused-ring (bicyclic) bond motifs is 1. The van der Waals surface area contributed by atoms with Crippen molar-refractivity contribution in [1.82, 2.24) is 4.90 Å². The summed E-state index contributed by atoms with van der Waals surface area (Å²) in [5.74, 6) is 0.164. The zero-order valence-electron chi connectivity index (χ0n) is 9.94. The van der Waals surface area contributed by atoms with Gasteiger partial charge in [-0.05, 0) is 24.5 Å². The molecule has 2 rings (SSSR count). The van der Waals surface area contributed by atoms with E-state index in [1.165, 1.54) is 11.3 Å². The summed E-state index contributed by atoms with van der Waals surface area (Å²) in [6, 6.07) is 8.37. The number of para-hydroxylation sites is 1. The van der Waals surface area contributed by atoms with E-state index in [9.17, 15) is 4.79 Å². The third-order valence-electron chi connectivity index (χ3n) is 3.03. The first-order chi connectivity index (χ1) is 7.68. The molecule has 0 N–H and O–H groups in total. The molecule has 0 unspecified atom stereocenters. The standard InChI is InChI=1S/C13H18N2O/c1-14(2)13(16)10-15-9-5-7-11-6-3-4-8-12(11)15/h3-4,6,8H,5,7,9-10H2,1-2H3. The lowest BCUT2D eigenvalue weighted by atomic mass is 10.0. The van der Waals surface area contributed by atoms with Gasteiger partial charge in [0, 0.05) is 26.3 Å². The van der Waals surface area contributed by atoms with Gasteiger partial charge in [-0.15, -0.1) is 0 Å². The summed E-state index contributed by atoms with van der Waals surface area (Å²) in [6.45, 7) is 1.47. The van der Waals surface area contributed by atoms with E-state index in [2.05, 4.69) is 23.1 Å². The van der Waals surface area contributed by atoms with Gasteiger partial charge in [-0.1, -0.05) is 18.2 Å². The third-order valence-corrected chi connectivity index (χ3v) is 3.03. The van der Waals surface area contributed by atoms with E-state index in [-0.39, 0.29) is 5.91 Å². The molecule has 0 atom stereocenters. The molecule has 86 valence electrons. The summed E-state index contributed by atoms with van der Waals surface area (Å²) in [6.07, 6.45) is 2.26. The lowest BCUT2D eigenvalue weighted by molar-refractivity contribution is -0.127. The highest BCUT2D eigenvalue weighted by atomic mass is 16.2. The van der Waals surface area contributed by atoms with Crippen molar-refractivity contribution in [3.63, 3.8) is 0 Å². The van der Waals surface area contributed by atoms with Crippen molar-refractivity contribution in [2.24, 2.45) is 0 Å². The Morgan fingerprint density at radius 2 is 2.12 bits per heavy atom. The van der Waals surface area contributed by atoms with Crippen LogP contribution in [0, 0.1) is 0 Å². The van der Waals surface area contributed by atoms with Crippen LogP contribution in [-0.2, 0) is 11.2 Å². The Balaban J connectivity index is 2.16. The summed E-state index contributed by atoms with van der Waals surface area (Å²) in [4.78, 5) is 15.5. The van der Waals surface area contributed by atoms with Gasteiger partial charge < -0.3 is 9.80 Å². The molecular formula is C13H18N2O. The summed E-state index contributed by atoms with van der Waals surface area (Å²) < 4.78 is 0. The van der Waals surface area contributed by atoms with E-state index >= 15 is 0 Å². The molecule has 1 heterocycles. The van der Waals surface area contributed by atoms with Crippen LogP contribution in [0.5, 0.6) is 0 Å². The molecule has 16 heavy (non-hydrogen) atoms. The molecule has 0 saturated carbocycles. The van der Waals surface area contributed by atoms with Crippen molar-refractivity contribution in [2.75, 3.05) is 32.1 Å². The van der Waals surface area contributed by atoms with Gasteiger partial charge >= 0.3 is 0 Å². The Morgan fingerprint density at radius 1 is 1.38 bits per heavy atom. The smallest absolute Gasteiger partial charge is 0.241 e. The number of carbonyl (C=O) groups is 1. The van der Waals surface area contributed by atoms with E-state index in [1.54, 1.807) is 19.0 Å². The van der Waals surface area contributed by atoms with Gasteiger partial charge in [-0.2, -0.15) is 0 Å². The van der Waals surface area contributed by atoms with E-state index in [4.69, 9.17) is 0 Å². The molecule has 3 heteroatoms. The zero-order chi connectivity index (χ0) is 11.5. The quantitative estimate of drug-likeness (QED) is 0.751. The highest BCUT2D eigenvalue weighted by molar-refractivity contribution is 5.81. The number of likely N-dealkylation sites (N-methyl/N-ethyl adjacent to an activating group) is 1. The SMILES string of the molecule is CN(C)C(=O)CN1CCCc2ccccc21. The van der Waals surface area contributed by atoms with Crippen molar-refractivity contribution < 1.29 is 4.79 Å². The van der Waals surface area contributed by atoms with Crippen LogP contribution in [0.15, 0.2) is 24.3 Å². The first-order valence-corrected chi connectivity index (χ1v) is 5.71. The topological polar surface area (TPSA) is 23.6 Å². The molecule has 0 aliphatic carbocycles. The van der Waals surface area contributed by atoms with Gasteiger partial charge in [-0.25, -0.2) is 0 Å². The van der Waals surface area contributed by atoms with Crippen LogP contribution in [0.25, 0.3) is 0 Å². The van der Waals surface area contributed by atoms with E-state index < -0.39 is 0 Å². The van der Waals surface area contributed by atoms with Crippen LogP contribution in [0.1, 0.15) is 12.0 Å². The summed E-state index contributed by atoms with van der Waals surface area (Å²) in [5.41, 5.74) is 2.59. The number of hydrogen-bond donors (Lipinski definition) is 0. The van der Waals surface area contributed by atoms with Gasteiger partial charge in [-0.3, -0.25) is 4.79 Å². The average molecular weight is 218 g/mol. The van der Waals surface area contributed by atoms with E-state index in [1.807, 2.05) is 6.07 Å². The molecule has 1 aliphatic heterocycles. The first kappa shape index (κ1) is 11.0. The van der Waals surface area contributed by atoms with Crippen molar-refractivity contribution >= 4 is 11.6 Å². The molecule has 1 aliphatic rings. The second-order valence-electron chi connectivity index (χ2n) is 4.44. The summed E-state index contributed by atoms with van der Waals surface area (Å²) in [7, 11) is 3.61. The van der Waals surface area contributed by atoms with Crippen LogP contribution < -0.4 is 4.90 Å². The highest BCUT2D eigenvalue weighted by Crippen LogP contribution is 2.26. The predicted molar refractivity (Wildman–Crippen MR) is 65.7 cm³/mol. The second kappa shape index (κ2) is 4.56. The lowest BCUT2D eigenvalue weighted by Crippen LogP contribution is -2.39. The molecule has 0 aromatic heterocycles. The monoisotopic (exact) mass is 218 g/mol. The van der Waals surface area contributed by atoms with E-state index in [0.29, 0.717) is 6.54 Å². The molecular weight excluding hydrogens is 200 g/mol. The van der Waals surface area contributed by atoms with Crippen molar-refractivity contribution in [3.05, 3.63) is 29.8 Å². The second-order valence-corrected chi connectivity index (χ2v) is 4.44. The fourth-order valence-corrected chi connectivity index (χ4v) is 2.08. The van der Waals surface area contributed by atoms with Crippen LogP contribution in [0.3, 0.4) is 0 Å². The maximum absolute atomic E-state index is 11.7. The van der Waals surface area contributed by atoms with Crippen LogP contribution in [0.2, 0.25) is 0 Å². The molecule has 0 saturated heterocycles. The van der Waals surface area contributed by atoms with E-state index in [0.717, 1.165) is 19.4 Å². The number of nitrogens with zero attached hydrogens (tertiary/aromatic N) is 2. The Labute approximate surface area is 96.7 Å². The number of anilines is 1. The number of aryl methyl sites for hydroxylation is 1. The number of carbonyl (C=O) groups excluding carboxylic acids is 1. The molecule has 1 amide bonds. The third kappa shape index (κ3) is 2.18. The minimum absolute atomic E-state index is 0.164. The van der Waals surface area contributed by atoms with Crippen molar-refractivity contribution in [1.29, 1.82) is 0 Å². The fourth-order valence-electron chi connectivity index (χ4n) is 2.08. The minimum Gasteiger partial charge on any atom is -0.362 e. The molecule has 3 nitrogen and oxygen atoms in total. The van der Waals surface area contributed by atoms with Crippen LogP contribution >= 0.6 is 0 Å². The lowest BCUT2D eigenvalue weighted by Gasteiger charge is -2.31. The van der Waals surface area contributed by atoms with Crippen molar-refractivity contribution in [3.8, 4) is 0 Å². The Hall–Kier alpha value is -1.51. The van der Waals surface area contributed by atoms with Gasteiger partial charge in [0.1, 0.15) is 0 Å². The molecule has 0 spiro atoms. The van der Waals surface area contributed by atoms with Gasteiger partial charge in [0.05, 0.1) is 6.54 Å². The number of hydrogen-bond acceptors (Lipinski definition) is 2. The number of amides is 1.